The minimum atomic E-state index is -2.00. The molecule has 0 aromatic heterocycles. The molecule has 0 N–H and O–H groups in total. The summed E-state index contributed by atoms with van der Waals surface area (Å²) in [5.74, 6) is -4.83. The third-order valence-electron chi connectivity index (χ3n) is 6.54. The second-order valence-electron chi connectivity index (χ2n) is 7.83. The highest BCUT2D eigenvalue weighted by atomic mass is 35.5. The van der Waals surface area contributed by atoms with Gasteiger partial charge in [0.25, 0.3) is 0 Å². The van der Waals surface area contributed by atoms with Crippen LogP contribution in [0, 0.1) is 11.3 Å². The van der Waals surface area contributed by atoms with Crippen LogP contribution < -0.4 is 4.90 Å². The first-order valence-corrected chi connectivity index (χ1v) is 10.1. The van der Waals surface area contributed by atoms with Crippen molar-refractivity contribution in [2.24, 2.45) is 11.3 Å². The zero-order valence-electron chi connectivity index (χ0n) is 16.6. The number of carbonyl (C=O) groups is 5. The van der Waals surface area contributed by atoms with Crippen LogP contribution in [0.5, 0.6) is 0 Å². The average Bonchev–Trinajstić information content (AvgIpc) is 3.24. The van der Waals surface area contributed by atoms with E-state index in [-0.39, 0.29) is 34.0 Å². The molecule has 2 aromatic rings. The van der Waals surface area contributed by atoms with Crippen molar-refractivity contribution in [3.05, 3.63) is 64.2 Å². The summed E-state index contributed by atoms with van der Waals surface area (Å²) in [6.45, 7) is 2.80. The number of ketones is 2. The van der Waals surface area contributed by atoms with Gasteiger partial charge in [-0.1, -0.05) is 35.9 Å². The van der Waals surface area contributed by atoms with Gasteiger partial charge in [0.1, 0.15) is 10.8 Å². The summed E-state index contributed by atoms with van der Waals surface area (Å²) < 4.78 is 5.19. The van der Waals surface area contributed by atoms with Gasteiger partial charge in [-0.15, -0.1) is 0 Å². The molecule has 1 saturated carbocycles. The molecule has 7 nitrogen and oxygen atoms in total. The lowest BCUT2D eigenvalue weighted by Gasteiger charge is -2.15. The van der Waals surface area contributed by atoms with E-state index in [1.165, 1.54) is 37.3 Å². The summed E-state index contributed by atoms with van der Waals surface area (Å²) in [7, 11) is 0. The molecular formula is C23H16ClNO6. The fraction of sp³-hybridized carbons (Fsp3) is 0.261. The zero-order chi connectivity index (χ0) is 22.3. The van der Waals surface area contributed by atoms with Crippen LogP contribution in [0.15, 0.2) is 42.5 Å². The summed E-state index contributed by atoms with van der Waals surface area (Å²) in [6.07, 6.45) is 0. The SMILES string of the molecule is CCOC(=O)C1C2(C(=O)c3ccccc3C2=O)C12C(=O)N(C(C)=O)c1ccc(Cl)cc12. The molecule has 0 bridgehead atoms. The van der Waals surface area contributed by atoms with E-state index in [0.29, 0.717) is 0 Å². The van der Waals surface area contributed by atoms with Crippen molar-refractivity contribution in [2.75, 3.05) is 11.5 Å². The van der Waals surface area contributed by atoms with E-state index in [2.05, 4.69) is 0 Å². The van der Waals surface area contributed by atoms with Gasteiger partial charge in [-0.3, -0.25) is 24.0 Å². The number of hydrogen-bond acceptors (Lipinski definition) is 6. The fourth-order valence-corrected chi connectivity index (χ4v) is 5.65. The number of benzene rings is 2. The van der Waals surface area contributed by atoms with Gasteiger partial charge in [0.2, 0.25) is 11.8 Å². The second kappa shape index (κ2) is 6.11. The molecule has 2 amide bonds. The number of imide groups is 1. The van der Waals surface area contributed by atoms with Crippen LogP contribution in [0.25, 0.3) is 0 Å². The average molecular weight is 438 g/mol. The molecule has 3 aliphatic rings. The van der Waals surface area contributed by atoms with Crippen molar-refractivity contribution >= 4 is 46.6 Å². The van der Waals surface area contributed by atoms with Crippen LogP contribution in [0.2, 0.25) is 5.02 Å². The number of esters is 1. The number of amides is 2. The minimum Gasteiger partial charge on any atom is -0.466 e. The van der Waals surface area contributed by atoms with Gasteiger partial charge in [-0.2, -0.15) is 0 Å². The molecule has 0 saturated heterocycles. The molecule has 5 rings (SSSR count). The quantitative estimate of drug-likeness (QED) is 0.529. The lowest BCUT2D eigenvalue weighted by molar-refractivity contribution is -0.146. The Balaban J connectivity index is 1.85. The molecule has 0 radical (unpaired) electrons. The Hall–Kier alpha value is -3.32. The van der Waals surface area contributed by atoms with Gasteiger partial charge < -0.3 is 4.74 Å². The van der Waals surface area contributed by atoms with Crippen LogP contribution in [0.3, 0.4) is 0 Å². The Labute approximate surface area is 181 Å². The van der Waals surface area contributed by atoms with Gasteiger partial charge in [-0.05, 0) is 30.7 Å². The minimum absolute atomic E-state index is 0.00381. The molecule has 2 unspecified atom stereocenters. The number of ether oxygens (including phenoxy) is 1. The van der Waals surface area contributed by atoms with Crippen molar-refractivity contribution < 1.29 is 28.7 Å². The largest absolute Gasteiger partial charge is 0.466 e. The summed E-state index contributed by atoms with van der Waals surface area (Å²) in [5, 5.41) is 0.247. The van der Waals surface area contributed by atoms with Crippen molar-refractivity contribution in [3.8, 4) is 0 Å². The number of fused-ring (bicyclic) bond motifs is 4. The van der Waals surface area contributed by atoms with E-state index in [1.807, 2.05) is 0 Å². The first-order valence-electron chi connectivity index (χ1n) is 9.76. The molecule has 31 heavy (non-hydrogen) atoms. The molecule has 2 atom stereocenters. The number of rotatable bonds is 2. The Morgan fingerprint density at radius 1 is 1.03 bits per heavy atom. The van der Waals surface area contributed by atoms with E-state index in [1.54, 1.807) is 19.1 Å². The number of anilines is 1. The van der Waals surface area contributed by atoms with Crippen molar-refractivity contribution in [3.63, 3.8) is 0 Å². The van der Waals surface area contributed by atoms with Gasteiger partial charge in [0, 0.05) is 23.1 Å². The highest BCUT2D eigenvalue weighted by Gasteiger charge is 2.94. The van der Waals surface area contributed by atoms with Crippen molar-refractivity contribution in [1.82, 2.24) is 0 Å². The van der Waals surface area contributed by atoms with E-state index in [9.17, 15) is 24.0 Å². The highest BCUT2D eigenvalue weighted by Crippen LogP contribution is 2.78. The maximum Gasteiger partial charge on any atom is 0.311 e. The Morgan fingerprint density at radius 3 is 2.19 bits per heavy atom. The van der Waals surface area contributed by atoms with E-state index in [4.69, 9.17) is 16.3 Å². The van der Waals surface area contributed by atoms with E-state index < -0.39 is 46.1 Å². The van der Waals surface area contributed by atoms with E-state index in [0.717, 1.165) is 4.90 Å². The van der Waals surface area contributed by atoms with Crippen LogP contribution in [-0.2, 0) is 24.5 Å². The number of nitrogens with zero attached hydrogens (tertiary/aromatic N) is 1. The third-order valence-corrected chi connectivity index (χ3v) is 6.77. The Morgan fingerprint density at radius 2 is 1.65 bits per heavy atom. The van der Waals surface area contributed by atoms with Gasteiger partial charge >= 0.3 is 5.97 Å². The van der Waals surface area contributed by atoms with E-state index >= 15 is 0 Å². The zero-order valence-corrected chi connectivity index (χ0v) is 17.4. The maximum atomic E-state index is 13.8. The Kier molecular flexibility index (Phi) is 3.87. The van der Waals surface area contributed by atoms with Crippen LogP contribution >= 0.6 is 11.6 Å². The maximum absolute atomic E-state index is 13.8. The predicted octanol–water partition coefficient (Wildman–Crippen LogP) is 2.73. The molecule has 8 heteroatoms. The standard InChI is InChI=1S/C23H16ClNO6/c1-3-31-20(29)17-22(23(17)18(27)13-6-4-5-7-14(13)19(23)28)15-10-12(24)8-9-16(15)25(11(2)26)21(22)30/h4-10,17H,3H2,1-2H3. The van der Waals surface area contributed by atoms with Crippen LogP contribution in [-0.4, -0.2) is 36.0 Å². The van der Waals surface area contributed by atoms with Crippen molar-refractivity contribution in [1.29, 1.82) is 0 Å². The molecule has 2 spiro atoms. The van der Waals surface area contributed by atoms with Crippen LogP contribution in [0.4, 0.5) is 5.69 Å². The molecular weight excluding hydrogens is 422 g/mol. The molecule has 1 fully saturated rings. The first-order chi connectivity index (χ1) is 14.8. The van der Waals surface area contributed by atoms with Crippen molar-refractivity contribution in [2.45, 2.75) is 19.3 Å². The second-order valence-corrected chi connectivity index (χ2v) is 8.26. The smallest absolute Gasteiger partial charge is 0.311 e. The number of Topliss-reactive ketones (excluding diaryl/α,β-unsaturated/α-hetero) is 2. The van der Waals surface area contributed by atoms with Crippen LogP contribution in [0.1, 0.15) is 40.1 Å². The predicted molar refractivity (Wildman–Crippen MR) is 109 cm³/mol. The van der Waals surface area contributed by atoms with Gasteiger partial charge in [0.05, 0.1) is 18.2 Å². The third kappa shape index (κ3) is 1.98. The summed E-state index contributed by atoms with van der Waals surface area (Å²) >= 11 is 6.20. The topological polar surface area (TPSA) is 97.8 Å². The van der Waals surface area contributed by atoms with Gasteiger partial charge in [-0.25, -0.2) is 4.90 Å². The lowest BCUT2D eigenvalue weighted by atomic mass is 9.83. The molecule has 2 aromatic carbocycles. The summed E-state index contributed by atoms with van der Waals surface area (Å²) in [5.41, 5.74) is -3.15. The van der Waals surface area contributed by atoms with Gasteiger partial charge in [0.15, 0.2) is 11.6 Å². The summed E-state index contributed by atoms with van der Waals surface area (Å²) in [4.78, 5) is 67.5. The molecule has 1 aliphatic heterocycles. The highest BCUT2D eigenvalue weighted by molar-refractivity contribution is 6.42. The summed E-state index contributed by atoms with van der Waals surface area (Å²) in [6, 6.07) is 10.7. The number of halogens is 1. The normalized spacial score (nSPS) is 24.5. The number of carbonyl (C=O) groups excluding carboxylic acids is 5. The monoisotopic (exact) mass is 437 g/mol. The fourth-order valence-electron chi connectivity index (χ4n) is 5.47. The lowest BCUT2D eigenvalue weighted by Crippen LogP contribution is -2.40. The number of hydrogen-bond donors (Lipinski definition) is 0. The first kappa shape index (κ1) is 19.6. The molecule has 2 aliphatic carbocycles. The Bertz CT molecular complexity index is 1220. The molecule has 1 heterocycles. The molecule has 156 valence electrons.